The summed E-state index contributed by atoms with van der Waals surface area (Å²) < 4.78 is 0. The molecule has 1 aromatic carbocycles. The van der Waals surface area contributed by atoms with Gasteiger partial charge in [0.15, 0.2) is 0 Å². The van der Waals surface area contributed by atoms with Crippen LogP contribution in [-0.2, 0) is 51.8 Å². The minimum Gasteiger partial charge on any atom is -0.789 e. The third kappa shape index (κ3) is 12.6. The summed E-state index contributed by atoms with van der Waals surface area (Å²) in [6.45, 7) is 30.4. The monoisotopic (exact) mass is 693 g/mol. The molecule has 1 aliphatic carbocycles. The van der Waals surface area contributed by atoms with E-state index in [9.17, 15) is 0 Å². The van der Waals surface area contributed by atoms with Crippen LogP contribution in [0.5, 0.6) is 0 Å². The largest absolute Gasteiger partial charge is 0.789 e. The Morgan fingerprint density at radius 3 is 2.40 bits per heavy atom. The summed E-state index contributed by atoms with van der Waals surface area (Å²) in [6, 6.07) is 4.67. The predicted molar refractivity (Wildman–Crippen MR) is 196 cm³/mol. The minimum absolute atomic E-state index is 0. The van der Waals surface area contributed by atoms with E-state index in [1.165, 1.54) is 77.8 Å². The molecule has 0 aromatic heterocycles. The fourth-order valence-electron chi connectivity index (χ4n) is 5.71. The third-order valence-corrected chi connectivity index (χ3v) is 9.47. The maximum atomic E-state index is 4.92. The van der Waals surface area contributed by atoms with Crippen molar-refractivity contribution in [2.75, 3.05) is 11.5 Å². The van der Waals surface area contributed by atoms with Crippen LogP contribution in [0.15, 0.2) is 98.1 Å². The Morgan fingerprint density at radius 1 is 1.14 bits per heavy atom. The SMILES string of the molecule is C=C.C=C1C(C)C2SCC(/C=C/C[S-])=C(C)N12.C=CC.C=C[N-]c1cc(CCCCC)cc(C)c1C1C=C(C)CCC1.[Y]. The molecule has 1 fully saturated rings. The van der Waals surface area contributed by atoms with Crippen LogP contribution in [0, 0.1) is 12.8 Å². The number of unbranched alkanes of at least 4 members (excludes halogenated alkanes) is 2. The van der Waals surface area contributed by atoms with E-state index in [1.54, 1.807) is 12.3 Å². The fraction of sp³-hybridized carbons (Fsp3) is 0.474. The molecule has 0 amide bonds. The molecule has 1 radical (unpaired) electrons. The molecule has 235 valence electrons. The maximum Gasteiger partial charge on any atom is 0.0876 e. The molecule has 3 aliphatic rings. The van der Waals surface area contributed by atoms with Crippen molar-refractivity contribution >= 4 is 30.1 Å². The molecule has 0 N–H and O–H groups in total. The molecule has 2 nitrogen and oxygen atoms in total. The first kappa shape index (κ1) is 41.8. The number of hydrogen-bond donors (Lipinski definition) is 0. The Balaban J connectivity index is 0.000000731. The van der Waals surface area contributed by atoms with Crippen molar-refractivity contribution < 1.29 is 32.7 Å². The summed E-state index contributed by atoms with van der Waals surface area (Å²) in [5.74, 6) is 2.96. The van der Waals surface area contributed by atoms with Gasteiger partial charge in [0.25, 0.3) is 0 Å². The van der Waals surface area contributed by atoms with E-state index in [0.29, 0.717) is 23.0 Å². The second-order valence-corrected chi connectivity index (χ2v) is 12.5. The Bertz CT molecular complexity index is 1120. The fourth-order valence-corrected chi connectivity index (χ4v) is 7.35. The smallest absolute Gasteiger partial charge is 0.0876 e. The van der Waals surface area contributed by atoms with Gasteiger partial charge in [0.2, 0.25) is 0 Å². The zero-order valence-corrected chi connectivity index (χ0v) is 32.4. The van der Waals surface area contributed by atoms with Crippen LogP contribution in [0.25, 0.3) is 5.32 Å². The Hall–Kier alpha value is -1.20. The third-order valence-electron chi connectivity index (χ3n) is 7.84. The van der Waals surface area contributed by atoms with E-state index >= 15 is 0 Å². The molecule has 0 bridgehead atoms. The molecule has 1 saturated heterocycles. The van der Waals surface area contributed by atoms with Crippen LogP contribution >= 0.6 is 11.8 Å². The van der Waals surface area contributed by atoms with Crippen molar-refractivity contribution in [1.82, 2.24) is 4.90 Å². The van der Waals surface area contributed by atoms with Crippen LogP contribution in [0.3, 0.4) is 0 Å². The number of rotatable bonds is 9. The summed E-state index contributed by atoms with van der Waals surface area (Å²) in [5, 5.41) is 5.21. The van der Waals surface area contributed by atoms with Gasteiger partial charge in [0.05, 0.1) is 5.37 Å². The number of hydrogen-bond acceptors (Lipinski definition) is 3. The van der Waals surface area contributed by atoms with Gasteiger partial charge >= 0.3 is 0 Å². The van der Waals surface area contributed by atoms with Crippen molar-refractivity contribution in [3.05, 3.63) is 120 Å². The second-order valence-electron chi connectivity index (χ2n) is 11.1. The summed E-state index contributed by atoms with van der Waals surface area (Å²) in [4.78, 5) is 2.36. The maximum absolute atomic E-state index is 4.92. The van der Waals surface area contributed by atoms with Gasteiger partial charge in [-0.15, -0.1) is 49.8 Å². The van der Waals surface area contributed by atoms with E-state index in [2.05, 4.69) is 108 Å². The second kappa shape index (κ2) is 23.2. The molecule has 5 heteroatoms. The molecule has 3 unspecified atom stereocenters. The number of fused-ring (bicyclic) bond motifs is 1. The van der Waals surface area contributed by atoms with Crippen LogP contribution in [0.2, 0.25) is 0 Å². The van der Waals surface area contributed by atoms with Gasteiger partial charge in [0, 0.05) is 61.7 Å². The number of allylic oxidation sites excluding steroid dienone is 5. The quantitative estimate of drug-likeness (QED) is 0.146. The first-order chi connectivity index (χ1) is 20.2. The standard InChI is InChI=1S/C21H30N.C12H17NS2.C3H6.C2H4.Y/c1-5-7-8-11-18-14-17(4)21(20(15-18)22-6-2)19-12-9-10-16(3)13-19;1-8-9(2)13-10(3)11(5-4-6-14)7-15-12(8)13;1-3-2;1-2;/h6,13-15,19H,2,5,7-12H2,1,3-4H3;4-5,8,12,14H,2,6-7H2,1,3H3;3H,1H2,2H3;1-2H2;/q-1;;;;/p-1/b;5-4+;;;. The van der Waals surface area contributed by atoms with E-state index in [4.69, 9.17) is 12.6 Å². The average molecular weight is 694 g/mol. The summed E-state index contributed by atoms with van der Waals surface area (Å²) >= 11 is 6.93. The van der Waals surface area contributed by atoms with Crippen molar-refractivity contribution in [1.29, 1.82) is 0 Å². The molecule has 4 rings (SSSR count). The van der Waals surface area contributed by atoms with Crippen LogP contribution in [-0.4, -0.2) is 21.8 Å². The van der Waals surface area contributed by atoms with Crippen LogP contribution in [0.4, 0.5) is 5.69 Å². The van der Waals surface area contributed by atoms with Gasteiger partial charge in [-0.1, -0.05) is 74.8 Å². The van der Waals surface area contributed by atoms with Gasteiger partial charge in [0.1, 0.15) is 0 Å². The summed E-state index contributed by atoms with van der Waals surface area (Å²) in [7, 11) is 0. The van der Waals surface area contributed by atoms with Crippen LogP contribution < -0.4 is 0 Å². The molecule has 2 heterocycles. The minimum atomic E-state index is 0. The van der Waals surface area contributed by atoms with Gasteiger partial charge in [-0.2, -0.15) is 12.0 Å². The Labute approximate surface area is 300 Å². The van der Waals surface area contributed by atoms with Crippen molar-refractivity contribution in [2.45, 2.75) is 97.8 Å². The number of aryl methyl sites for hydroxylation is 2. The molecule has 2 aliphatic heterocycles. The zero-order valence-electron chi connectivity index (χ0n) is 28.0. The van der Waals surface area contributed by atoms with Crippen molar-refractivity contribution in [2.24, 2.45) is 5.92 Å². The van der Waals surface area contributed by atoms with Gasteiger partial charge < -0.3 is 22.8 Å². The molecule has 0 saturated carbocycles. The molecule has 0 spiro atoms. The first-order valence-corrected chi connectivity index (χ1v) is 17.1. The number of thioether (sulfide) groups is 1. The first-order valence-electron chi connectivity index (χ1n) is 15.5. The van der Waals surface area contributed by atoms with E-state index < -0.39 is 0 Å². The van der Waals surface area contributed by atoms with Crippen LogP contribution in [0.1, 0.15) is 95.8 Å². The van der Waals surface area contributed by atoms with Crippen molar-refractivity contribution in [3.8, 4) is 0 Å². The van der Waals surface area contributed by atoms with Crippen molar-refractivity contribution in [3.63, 3.8) is 0 Å². The molecule has 3 atom stereocenters. The Morgan fingerprint density at radius 2 is 1.81 bits per heavy atom. The topological polar surface area (TPSA) is 17.3 Å². The van der Waals surface area contributed by atoms with Gasteiger partial charge in [-0.3, -0.25) is 0 Å². The zero-order chi connectivity index (χ0) is 31.7. The van der Waals surface area contributed by atoms with E-state index in [-0.39, 0.29) is 32.7 Å². The predicted octanol–water partition coefficient (Wildman–Crippen LogP) is 12.0. The molecule has 1 aromatic rings. The normalized spacial score (nSPS) is 20.3. The van der Waals surface area contributed by atoms with Gasteiger partial charge in [-0.25, -0.2) is 0 Å². The van der Waals surface area contributed by atoms with E-state index in [1.807, 2.05) is 18.7 Å². The van der Waals surface area contributed by atoms with E-state index in [0.717, 1.165) is 17.9 Å². The summed E-state index contributed by atoms with van der Waals surface area (Å²) in [5.41, 5.74) is 10.9. The summed E-state index contributed by atoms with van der Waals surface area (Å²) in [6.07, 6.45) is 18.9. The molecule has 43 heavy (non-hydrogen) atoms. The van der Waals surface area contributed by atoms with Gasteiger partial charge in [-0.05, 0) is 76.5 Å². The molecular formula is C38H56N2S2Y-2. The average Bonchev–Trinajstić information content (AvgIpc) is 2.98. The number of nitrogens with zero attached hydrogens (tertiary/aromatic N) is 2. The molecular weight excluding hydrogens is 637 g/mol. The Kier molecular flexibility index (Phi) is 22.5. The number of benzene rings is 1.